The van der Waals surface area contributed by atoms with Crippen molar-refractivity contribution < 1.29 is 9.59 Å². The second kappa shape index (κ2) is 7.19. The Bertz CT molecular complexity index is 843. The van der Waals surface area contributed by atoms with Crippen LogP contribution in [-0.2, 0) is 11.3 Å². The first-order chi connectivity index (χ1) is 13.1. The lowest BCUT2D eigenvalue weighted by Crippen LogP contribution is -2.34. The number of carbonyl (C=O) groups is 2. The second-order valence-electron chi connectivity index (χ2n) is 7.31. The van der Waals surface area contributed by atoms with Crippen LogP contribution >= 0.6 is 11.6 Å². The van der Waals surface area contributed by atoms with Gasteiger partial charge in [0.1, 0.15) is 0 Å². The van der Waals surface area contributed by atoms with E-state index in [1.807, 2.05) is 12.1 Å². The molecule has 1 aromatic heterocycles. The van der Waals surface area contributed by atoms with Crippen LogP contribution in [0, 0.1) is 11.3 Å². The molecule has 140 valence electrons. The zero-order chi connectivity index (χ0) is 18.9. The molecule has 2 aromatic rings. The van der Waals surface area contributed by atoms with Crippen LogP contribution in [-0.4, -0.2) is 34.9 Å². The molecule has 2 fully saturated rings. The van der Waals surface area contributed by atoms with E-state index in [1.54, 1.807) is 41.6 Å². The van der Waals surface area contributed by atoms with Gasteiger partial charge in [0.05, 0.1) is 0 Å². The van der Waals surface area contributed by atoms with E-state index in [4.69, 9.17) is 11.6 Å². The van der Waals surface area contributed by atoms with Crippen LogP contribution < -0.4 is 10.6 Å². The highest BCUT2D eigenvalue weighted by Crippen LogP contribution is 2.58. The Morgan fingerprint density at radius 1 is 1.26 bits per heavy atom. The van der Waals surface area contributed by atoms with Gasteiger partial charge in [-0.15, -0.1) is 0 Å². The number of hydrogen-bond acceptors (Lipinski definition) is 3. The van der Waals surface area contributed by atoms with Crippen molar-refractivity contribution in [2.75, 3.05) is 18.4 Å². The topological polar surface area (TPSA) is 74.3 Å². The number of benzene rings is 1. The molecule has 2 aliphatic rings. The molecule has 0 unspecified atom stereocenters. The number of carbonyl (C=O) groups excluding carboxylic acids is 2. The Balaban J connectivity index is 1.28. The highest BCUT2D eigenvalue weighted by Gasteiger charge is 2.61. The Hall–Kier alpha value is -2.60. The molecule has 0 bridgehead atoms. The van der Waals surface area contributed by atoms with Crippen molar-refractivity contribution in [1.29, 1.82) is 0 Å². The molecule has 1 aliphatic heterocycles. The molecule has 1 aromatic carbocycles. The third kappa shape index (κ3) is 3.90. The summed E-state index contributed by atoms with van der Waals surface area (Å²) in [6.45, 7) is 1.78. The summed E-state index contributed by atoms with van der Waals surface area (Å²) < 4.78 is 0. The monoisotopic (exact) mass is 384 g/mol. The lowest BCUT2D eigenvalue weighted by Gasteiger charge is -2.17. The highest BCUT2D eigenvalue weighted by atomic mass is 35.5. The average Bonchev–Trinajstić information content (AvgIpc) is 3.22. The van der Waals surface area contributed by atoms with Gasteiger partial charge in [-0.2, -0.15) is 0 Å². The average molecular weight is 385 g/mol. The van der Waals surface area contributed by atoms with E-state index >= 15 is 0 Å². The predicted molar refractivity (Wildman–Crippen MR) is 103 cm³/mol. The molecule has 0 radical (unpaired) electrons. The number of likely N-dealkylation sites (tertiary alicyclic amines) is 1. The van der Waals surface area contributed by atoms with Gasteiger partial charge in [-0.1, -0.05) is 17.7 Å². The zero-order valence-electron chi connectivity index (χ0n) is 14.8. The first-order valence-corrected chi connectivity index (χ1v) is 9.42. The van der Waals surface area contributed by atoms with Crippen LogP contribution in [0.1, 0.15) is 18.4 Å². The molecule has 4 rings (SSSR count). The fourth-order valence-electron chi connectivity index (χ4n) is 3.79. The molecule has 1 spiro atoms. The summed E-state index contributed by atoms with van der Waals surface area (Å²) in [6, 6.07) is 10.7. The van der Waals surface area contributed by atoms with Crippen molar-refractivity contribution in [2.45, 2.75) is 19.4 Å². The summed E-state index contributed by atoms with van der Waals surface area (Å²) in [5.41, 5.74) is 1.64. The summed E-state index contributed by atoms with van der Waals surface area (Å²) >= 11 is 5.87. The van der Waals surface area contributed by atoms with Crippen molar-refractivity contribution in [3.8, 4) is 0 Å². The van der Waals surface area contributed by atoms with Crippen molar-refractivity contribution in [1.82, 2.24) is 15.2 Å². The molecule has 27 heavy (non-hydrogen) atoms. The quantitative estimate of drug-likeness (QED) is 0.849. The van der Waals surface area contributed by atoms with Gasteiger partial charge >= 0.3 is 6.03 Å². The lowest BCUT2D eigenvalue weighted by molar-refractivity contribution is -0.123. The Kier molecular flexibility index (Phi) is 4.74. The summed E-state index contributed by atoms with van der Waals surface area (Å²) in [5.74, 6) is 0.0568. The predicted octanol–water partition coefficient (Wildman–Crippen LogP) is 3.30. The van der Waals surface area contributed by atoms with Gasteiger partial charge in [-0.25, -0.2) is 4.79 Å². The first-order valence-electron chi connectivity index (χ1n) is 9.04. The third-order valence-electron chi connectivity index (χ3n) is 5.46. The number of halogens is 1. The van der Waals surface area contributed by atoms with Gasteiger partial charge in [0.2, 0.25) is 5.91 Å². The van der Waals surface area contributed by atoms with Crippen LogP contribution in [0.2, 0.25) is 5.02 Å². The number of anilines is 1. The minimum atomic E-state index is -0.129. The molecular formula is C20H21ClN4O2. The first kappa shape index (κ1) is 17.8. The Morgan fingerprint density at radius 3 is 2.81 bits per heavy atom. The normalized spacial score (nSPS) is 23.3. The van der Waals surface area contributed by atoms with Crippen LogP contribution in [0.4, 0.5) is 10.5 Å². The number of aromatic nitrogens is 1. The maximum Gasteiger partial charge on any atom is 0.321 e. The van der Waals surface area contributed by atoms with Crippen LogP contribution in [0.25, 0.3) is 0 Å². The fraction of sp³-hybridized carbons (Fsp3) is 0.350. The van der Waals surface area contributed by atoms with Crippen LogP contribution in [0.3, 0.4) is 0 Å². The number of amides is 3. The highest BCUT2D eigenvalue weighted by molar-refractivity contribution is 6.30. The number of urea groups is 1. The van der Waals surface area contributed by atoms with E-state index in [0.29, 0.717) is 30.3 Å². The number of rotatable bonds is 4. The van der Waals surface area contributed by atoms with Crippen molar-refractivity contribution in [2.24, 2.45) is 11.3 Å². The minimum Gasteiger partial charge on any atom is -0.352 e. The van der Waals surface area contributed by atoms with Crippen LogP contribution in [0.5, 0.6) is 0 Å². The van der Waals surface area contributed by atoms with E-state index < -0.39 is 0 Å². The molecular weight excluding hydrogens is 364 g/mol. The second-order valence-corrected chi connectivity index (χ2v) is 7.74. The van der Waals surface area contributed by atoms with Gasteiger partial charge in [0.25, 0.3) is 0 Å². The standard InChI is InChI=1S/C20H21ClN4O2/c21-15-3-5-16(6-4-15)24-19(27)25-9-7-20(13-25)10-17(20)18(26)23-12-14-2-1-8-22-11-14/h1-6,8,11,17H,7,9-10,12-13H2,(H,23,26)(H,24,27)/t17-,20+/m0/s1. The van der Waals surface area contributed by atoms with Gasteiger partial charge in [-0.05, 0) is 48.7 Å². The minimum absolute atomic E-state index is 0.0116. The molecule has 3 amide bonds. The summed E-state index contributed by atoms with van der Waals surface area (Å²) in [4.78, 5) is 30.8. The SMILES string of the molecule is O=C(NCc1cccnc1)[C@@H]1C[C@@]12CCN(C(=O)Nc1ccc(Cl)cc1)C2. The molecule has 7 heteroatoms. The van der Waals surface area contributed by atoms with Gasteiger partial charge in [0, 0.05) is 54.1 Å². The maximum atomic E-state index is 12.5. The van der Waals surface area contributed by atoms with Crippen molar-refractivity contribution in [3.63, 3.8) is 0 Å². The zero-order valence-corrected chi connectivity index (χ0v) is 15.6. The van der Waals surface area contributed by atoms with E-state index in [2.05, 4.69) is 15.6 Å². The van der Waals surface area contributed by atoms with Crippen molar-refractivity contribution >= 4 is 29.2 Å². The molecule has 2 heterocycles. The summed E-state index contributed by atoms with van der Waals surface area (Å²) in [6.07, 6.45) is 5.17. The number of pyridine rings is 1. The molecule has 1 aliphatic carbocycles. The smallest absolute Gasteiger partial charge is 0.321 e. The van der Waals surface area contributed by atoms with Gasteiger partial charge in [0.15, 0.2) is 0 Å². The van der Waals surface area contributed by atoms with Gasteiger partial charge in [-0.3, -0.25) is 9.78 Å². The molecule has 1 saturated carbocycles. The largest absolute Gasteiger partial charge is 0.352 e. The number of hydrogen-bond donors (Lipinski definition) is 2. The Labute approximate surface area is 162 Å². The maximum absolute atomic E-state index is 12.5. The fourth-order valence-corrected chi connectivity index (χ4v) is 3.92. The van der Waals surface area contributed by atoms with E-state index in [0.717, 1.165) is 18.4 Å². The summed E-state index contributed by atoms with van der Waals surface area (Å²) in [5, 5.41) is 6.51. The lowest BCUT2D eigenvalue weighted by atomic mass is 10.0. The van der Waals surface area contributed by atoms with E-state index in [9.17, 15) is 9.59 Å². The van der Waals surface area contributed by atoms with E-state index in [1.165, 1.54) is 0 Å². The molecule has 2 N–H and O–H groups in total. The summed E-state index contributed by atoms with van der Waals surface area (Å²) in [7, 11) is 0. The van der Waals surface area contributed by atoms with E-state index in [-0.39, 0.29) is 23.3 Å². The molecule has 1 saturated heterocycles. The Morgan fingerprint density at radius 2 is 2.07 bits per heavy atom. The molecule has 2 atom stereocenters. The van der Waals surface area contributed by atoms with Crippen LogP contribution in [0.15, 0.2) is 48.8 Å². The van der Waals surface area contributed by atoms with Gasteiger partial charge < -0.3 is 15.5 Å². The third-order valence-corrected chi connectivity index (χ3v) is 5.72. The number of nitrogens with one attached hydrogen (secondary N) is 2. The molecule has 6 nitrogen and oxygen atoms in total. The number of nitrogens with zero attached hydrogens (tertiary/aromatic N) is 2. The van der Waals surface area contributed by atoms with Crippen molar-refractivity contribution in [3.05, 3.63) is 59.4 Å².